The van der Waals surface area contributed by atoms with Crippen molar-refractivity contribution in [1.82, 2.24) is 4.98 Å². The van der Waals surface area contributed by atoms with E-state index < -0.39 is 10.2 Å². The molecule has 1 aromatic heterocycles. The van der Waals surface area contributed by atoms with Crippen LogP contribution in [0.4, 0.5) is 0 Å². The zero-order chi connectivity index (χ0) is 11.3. The third-order valence-electron chi connectivity index (χ3n) is 1.51. The predicted molar refractivity (Wildman–Crippen MR) is 59.0 cm³/mol. The van der Waals surface area contributed by atoms with Crippen molar-refractivity contribution in [1.29, 1.82) is 0 Å². The summed E-state index contributed by atoms with van der Waals surface area (Å²) in [4.78, 5) is 4.18. The van der Waals surface area contributed by atoms with Crippen LogP contribution in [0.25, 0.3) is 10.9 Å². The van der Waals surface area contributed by atoms with Crippen LogP contribution in [0.3, 0.4) is 0 Å². The molecule has 0 saturated carbocycles. The Morgan fingerprint density at radius 1 is 1.00 bits per heavy atom. The smallest absolute Gasteiger partial charge is 0.256 e. The van der Waals surface area contributed by atoms with E-state index >= 15 is 0 Å². The van der Waals surface area contributed by atoms with Crippen molar-refractivity contribution in [3.8, 4) is 0 Å². The number of fused-ring (bicyclic) bond motifs is 1. The summed E-state index contributed by atoms with van der Waals surface area (Å²) in [5.74, 6) is 0. The zero-order valence-corrected chi connectivity index (χ0v) is 8.68. The van der Waals surface area contributed by atoms with Gasteiger partial charge in [0.1, 0.15) is 0 Å². The molecule has 0 amide bonds. The number of benzene rings is 1. The van der Waals surface area contributed by atoms with E-state index in [0.29, 0.717) is 0 Å². The predicted octanol–water partition coefficient (Wildman–Crippen LogP) is 0.383. The lowest BCUT2D eigenvalue weighted by Crippen LogP contribution is -2.21. The maximum absolute atomic E-state index is 9.19. The van der Waals surface area contributed by atoms with Crippen molar-refractivity contribution in [2.45, 2.75) is 0 Å². The van der Waals surface area contributed by atoms with Gasteiger partial charge < -0.3 is 0 Å². The summed E-state index contributed by atoms with van der Waals surface area (Å²) >= 11 is 0. The fourth-order valence-electron chi connectivity index (χ4n) is 1.02. The lowest BCUT2D eigenvalue weighted by molar-refractivity contribution is 0.599. The normalized spacial score (nSPS) is 10.5. The van der Waals surface area contributed by atoms with E-state index in [2.05, 4.69) is 27.4 Å². The van der Waals surface area contributed by atoms with E-state index in [9.17, 15) is 8.42 Å². The second kappa shape index (κ2) is 4.83. The Hall–Kier alpha value is -1.50. The Morgan fingerprint density at radius 3 is 2.13 bits per heavy atom. The minimum Gasteiger partial charge on any atom is -0.256 e. The molecule has 80 valence electrons. The lowest BCUT2D eigenvalue weighted by Gasteiger charge is -1.91. The van der Waals surface area contributed by atoms with Crippen LogP contribution in [0.1, 0.15) is 0 Å². The molecule has 0 fully saturated rings. The van der Waals surface area contributed by atoms with Gasteiger partial charge in [0.05, 0.1) is 5.52 Å². The summed E-state index contributed by atoms with van der Waals surface area (Å²) in [7, 11) is -3.67. The number of rotatable bonds is 0. The SMILES string of the molecule is NS(N)(=O)=O.c1ccc2ncccc2c1. The monoisotopic (exact) mass is 225 g/mol. The molecule has 2 rings (SSSR count). The van der Waals surface area contributed by atoms with Crippen LogP contribution in [0, 0.1) is 0 Å². The Kier molecular flexibility index (Phi) is 3.73. The van der Waals surface area contributed by atoms with E-state index in [1.54, 1.807) is 0 Å². The fraction of sp³-hybridized carbons (Fsp3) is 0. The second-order valence-corrected chi connectivity index (χ2v) is 3.96. The van der Waals surface area contributed by atoms with E-state index in [0.717, 1.165) is 5.52 Å². The Bertz CT molecular complexity index is 466. The highest BCUT2D eigenvalue weighted by molar-refractivity contribution is 7.86. The van der Waals surface area contributed by atoms with Gasteiger partial charge in [-0.3, -0.25) is 4.98 Å². The molecule has 1 heterocycles. The highest BCUT2D eigenvalue weighted by Crippen LogP contribution is 2.07. The first kappa shape index (κ1) is 11.6. The van der Waals surface area contributed by atoms with E-state index in [-0.39, 0.29) is 0 Å². The number of nitrogens with zero attached hydrogens (tertiary/aromatic N) is 1. The molecule has 0 unspecified atom stereocenters. The van der Waals surface area contributed by atoms with Crippen LogP contribution in [-0.4, -0.2) is 13.4 Å². The zero-order valence-electron chi connectivity index (χ0n) is 7.87. The molecule has 6 heteroatoms. The molecule has 0 aliphatic carbocycles. The largest absolute Gasteiger partial charge is 0.271 e. The van der Waals surface area contributed by atoms with Crippen molar-refractivity contribution in [3.63, 3.8) is 0 Å². The van der Waals surface area contributed by atoms with Crippen molar-refractivity contribution >= 4 is 21.1 Å². The van der Waals surface area contributed by atoms with Gasteiger partial charge in [0, 0.05) is 11.6 Å². The Balaban J connectivity index is 0.000000195. The maximum atomic E-state index is 9.19. The van der Waals surface area contributed by atoms with Gasteiger partial charge in [-0.1, -0.05) is 24.3 Å². The molecule has 0 aliphatic heterocycles. The molecule has 5 nitrogen and oxygen atoms in total. The fourth-order valence-corrected chi connectivity index (χ4v) is 1.02. The molecular formula is C9H11N3O2S. The first-order valence-electron chi connectivity index (χ1n) is 4.07. The van der Waals surface area contributed by atoms with Gasteiger partial charge in [0.15, 0.2) is 0 Å². The summed E-state index contributed by atoms with van der Waals surface area (Å²) in [5, 5.41) is 9.41. The van der Waals surface area contributed by atoms with Crippen molar-refractivity contribution in [2.75, 3.05) is 0 Å². The highest BCUT2D eigenvalue weighted by atomic mass is 32.2. The van der Waals surface area contributed by atoms with Crippen LogP contribution in [-0.2, 0) is 10.2 Å². The average Bonchev–Trinajstić information content (AvgIpc) is 2.16. The number of aromatic nitrogens is 1. The number of nitrogens with two attached hydrogens (primary N) is 2. The van der Waals surface area contributed by atoms with Crippen LogP contribution in [0.2, 0.25) is 0 Å². The molecular weight excluding hydrogens is 214 g/mol. The summed E-state index contributed by atoms with van der Waals surface area (Å²) < 4.78 is 18.4. The van der Waals surface area contributed by atoms with Crippen LogP contribution in [0.5, 0.6) is 0 Å². The molecule has 2 aromatic rings. The topological polar surface area (TPSA) is 99.1 Å². The highest BCUT2D eigenvalue weighted by Gasteiger charge is 1.86. The van der Waals surface area contributed by atoms with Gasteiger partial charge in [0.25, 0.3) is 10.2 Å². The number of hydrogen-bond acceptors (Lipinski definition) is 3. The average molecular weight is 225 g/mol. The van der Waals surface area contributed by atoms with Gasteiger partial charge in [-0.2, -0.15) is 8.42 Å². The molecule has 1 aromatic carbocycles. The third kappa shape index (κ3) is 5.06. The van der Waals surface area contributed by atoms with Gasteiger partial charge in [0.2, 0.25) is 0 Å². The van der Waals surface area contributed by atoms with E-state index in [4.69, 9.17) is 0 Å². The molecule has 0 atom stereocenters. The minimum atomic E-state index is -3.67. The van der Waals surface area contributed by atoms with Gasteiger partial charge in [-0.25, -0.2) is 10.3 Å². The summed E-state index contributed by atoms with van der Waals surface area (Å²) in [5.41, 5.74) is 1.06. The Labute approximate surface area is 87.9 Å². The molecule has 4 N–H and O–H groups in total. The molecule has 0 radical (unpaired) electrons. The quantitative estimate of drug-likeness (QED) is 0.678. The first-order valence-corrected chi connectivity index (χ1v) is 5.68. The van der Waals surface area contributed by atoms with E-state index in [1.165, 1.54) is 5.39 Å². The third-order valence-corrected chi connectivity index (χ3v) is 1.51. The van der Waals surface area contributed by atoms with E-state index in [1.807, 2.05) is 30.5 Å². The van der Waals surface area contributed by atoms with Crippen molar-refractivity contribution < 1.29 is 8.42 Å². The molecule has 0 bridgehead atoms. The lowest BCUT2D eigenvalue weighted by atomic mass is 10.2. The summed E-state index contributed by atoms with van der Waals surface area (Å²) in [6, 6.07) is 12.1. The number of hydrogen-bond donors (Lipinski definition) is 2. The van der Waals surface area contributed by atoms with Crippen LogP contribution < -0.4 is 10.3 Å². The maximum Gasteiger partial charge on any atom is 0.271 e. The van der Waals surface area contributed by atoms with Crippen molar-refractivity contribution in [2.24, 2.45) is 10.3 Å². The molecule has 0 spiro atoms. The van der Waals surface area contributed by atoms with Gasteiger partial charge in [-0.05, 0) is 12.1 Å². The van der Waals surface area contributed by atoms with Crippen molar-refractivity contribution in [3.05, 3.63) is 42.6 Å². The second-order valence-electron chi connectivity index (χ2n) is 2.79. The van der Waals surface area contributed by atoms with Gasteiger partial charge in [-0.15, -0.1) is 0 Å². The van der Waals surface area contributed by atoms with Gasteiger partial charge >= 0.3 is 0 Å². The van der Waals surface area contributed by atoms with Crippen LogP contribution in [0.15, 0.2) is 42.6 Å². The number of para-hydroxylation sites is 1. The minimum absolute atomic E-state index is 1.06. The molecule has 15 heavy (non-hydrogen) atoms. The first-order chi connectivity index (χ1) is 6.97. The Morgan fingerprint density at radius 2 is 1.53 bits per heavy atom. The molecule has 0 aliphatic rings. The number of pyridine rings is 1. The summed E-state index contributed by atoms with van der Waals surface area (Å²) in [6.45, 7) is 0. The summed E-state index contributed by atoms with van der Waals surface area (Å²) in [6.07, 6.45) is 1.81. The molecule has 0 saturated heterocycles. The standard InChI is InChI=1S/C9H7N.H4N2O2S/c1-2-6-9-8(4-1)5-3-7-10-9;1-5(2,3)4/h1-7H;(H4,1,2,3,4). The van der Waals surface area contributed by atoms with Crippen LogP contribution >= 0.6 is 0 Å².